The van der Waals surface area contributed by atoms with Crippen molar-refractivity contribution in [2.24, 2.45) is 7.05 Å². The van der Waals surface area contributed by atoms with Crippen LogP contribution < -0.4 is 11.1 Å². The van der Waals surface area contributed by atoms with Gasteiger partial charge in [-0.2, -0.15) is 10.4 Å². The van der Waals surface area contributed by atoms with E-state index in [-0.39, 0.29) is 5.91 Å². The van der Waals surface area contributed by atoms with Gasteiger partial charge in [-0.3, -0.25) is 9.48 Å². The lowest BCUT2D eigenvalue weighted by atomic mass is 10.1. The molecule has 1 aromatic carbocycles. The molecule has 0 saturated heterocycles. The number of carbonyl (C=O) groups is 1. The monoisotopic (exact) mass is 269 g/mol. The summed E-state index contributed by atoms with van der Waals surface area (Å²) < 4.78 is 1.46. The molecule has 6 heteroatoms. The number of nitrogens with two attached hydrogens (primary N) is 1. The third kappa shape index (κ3) is 2.62. The molecule has 0 aliphatic carbocycles. The smallest absolute Gasteiger partial charge is 0.276 e. The topological polar surface area (TPSA) is 96.7 Å². The van der Waals surface area contributed by atoms with E-state index < -0.39 is 0 Å². The Morgan fingerprint density at radius 2 is 2.10 bits per heavy atom. The Hall–Kier alpha value is -2.81. The molecule has 0 aliphatic heterocycles. The second kappa shape index (κ2) is 5.45. The van der Waals surface area contributed by atoms with Crippen molar-refractivity contribution in [1.82, 2.24) is 9.78 Å². The molecule has 0 aliphatic rings. The molecule has 0 atom stereocenters. The molecule has 0 unspecified atom stereocenters. The van der Waals surface area contributed by atoms with Crippen LogP contribution in [0.25, 0.3) is 0 Å². The molecule has 1 aromatic heterocycles. The highest BCUT2D eigenvalue weighted by Crippen LogP contribution is 2.17. The summed E-state index contributed by atoms with van der Waals surface area (Å²) in [4.78, 5) is 12.2. The van der Waals surface area contributed by atoms with Crippen molar-refractivity contribution in [2.45, 2.75) is 13.3 Å². The van der Waals surface area contributed by atoms with Gasteiger partial charge in [-0.25, -0.2) is 0 Å². The standard InChI is InChI=1S/C14H15N5O/c1-9-12(16)13(19(2)18-9)14(20)17-11-5-3-10(4-6-11)7-8-15/h3-6H,7,16H2,1-2H3,(H,17,20). The van der Waals surface area contributed by atoms with Crippen LogP contribution in [0.1, 0.15) is 21.7 Å². The van der Waals surface area contributed by atoms with E-state index in [1.807, 2.05) is 0 Å². The van der Waals surface area contributed by atoms with Gasteiger partial charge in [0, 0.05) is 12.7 Å². The summed E-state index contributed by atoms with van der Waals surface area (Å²) in [7, 11) is 1.67. The minimum Gasteiger partial charge on any atom is -0.395 e. The van der Waals surface area contributed by atoms with Gasteiger partial charge in [0.05, 0.1) is 23.9 Å². The van der Waals surface area contributed by atoms with Crippen molar-refractivity contribution in [3.8, 4) is 6.07 Å². The van der Waals surface area contributed by atoms with Gasteiger partial charge in [0.15, 0.2) is 0 Å². The molecule has 20 heavy (non-hydrogen) atoms. The van der Waals surface area contributed by atoms with Crippen molar-refractivity contribution >= 4 is 17.3 Å². The number of nitriles is 1. The van der Waals surface area contributed by atoms with E-state index in [9.17, 15) is 4.79 Å². The first kappa shape index (κ1) is 13.6. The number of nitrogens with one attached hydrogen (secondary N) is 1. The quantitative estimate of drug-likeness (QED) is 0.885. The second-order valence-electron chi connectivity index (χ2n) is 4.46. The molecule has 0 spiro atoms. The molecular formula is C14H15N5O. The molecule has 0 fully saturated rings. The highest BCUT2D eigenvalue weighted by Gasteiger charge is 2.17. The summed E-state index contributed by atoms with van der Waals surface area (Å²) in [6.07, 6.45) is 0.349. The van der Waals surface area contributed by atoms with Gasteiger partial charge < -0.3 is 11.1 Å². The zero-order chi connectivity index (χ0) is 14.7. The van der Waals surface area contributed by atoms with Crippen LogP contribution in [0.4, 0.5) is 11.4 Å². The molecule has 0 bridgehead atoms. The van der Waals surface area contributed by atoms with Crippen LogP contribution in [-0.4, -0.2) is 15.7 Å². The summed E-state index contributed by atoms with van der Waals surface area (Å²) in [6, 6.07) is 9.18. The van der Waals surface area contributed by atoms with E-state index in [0.717, 1.165) is 5.56 Å². The Kier molecular flexibility index (Phi) is 3.71. The number of rotatable bonds is 3. The number of benzene rings is 1. The molecule has 3 N–H and O–H groups in total. The maximum absolute atomic E-state index is 12.2. The molecule has 1 amide bonds. The number of anilines is 2. The minimum atomic E-state index is -0.307. The average Bonchev–Trinajstić information content (AvgIpc) is 2.66. The molecule has 1 heterocycles. The van der Waals surface area contributed by atoms with E-state index in [0.29, 0.717) is 29.2 Å². The predicted octanol–water partition coefficient (Wildman–Crippen LogP) is 1.63. The van der Waals surface area contributed by atoms with E-state index in [4.69, 9.17) is 11.0 Å². The van der Waals surface area contributed by atoms with E-state index >= 15 is 0 Å². The van der Waals surface area contributed by atoms with Gasteiger partial charge >= 0.3 is 0 Å². The number of carbonyl (C=O) groups excluding carboxylic acids is 1. The molecular weight excluding hydrogens is 254 g/mol. The summed E-state index contributed by atoms with van der Waals surface area (Å²) in [5.41, 5.74) is 8.74. The number of nitrogen functional groups attached to an aromatic ring is 1. The largest absolute Gasteiger partial charge is 0.395 e. The van der Waals surface area contributed by atoms with Crippen molar-refractivity contribution in [1.29, 1.82) is 5.26 Å². The van der Waals surface area contributed by atoms with Crippen molar-refractivity contribution < 1.29 is 4.79 Å². The molecule has 0 saturated carbocycles. The predicted molar refractivity (Wildman–Crippen MR) is 76.1 cm³/mol. The fourth-order valence-electron chi connectivity index (χ4n) is 1.93. The number of aryl methyl sites for hydroxylation is 2. The number of nitrogens with zero attached hydrogens (tertiary/aromatic N) is 3. The Balaban J connectivity index is 2.17. The van der Waals surface area contributed by atoms with Crippen LogP contribution >= 0.6 is 0 Å². The van der Waals surface area contributed by atoms with Crippen molar-refractivity contribution in [3.05, 3.63) is 41.2 Å². The second-order valence-corrected chi connectivity index (χ2v) is 4.46. The first-order valence-electron chi connectivity index (χ1n) is 6.09. The summed E-state index contributed by atoms with van der Waals surface area (Å²) in [5.74, 6) is -0.307. The maximum Gasteiger partial charge on any atom is 0.276 e. The normalized spacial score (nSPS) is 10.1. The Labute approximate surface area is 116 Å². The first-order chi connectivity index (χ1) is 9.52. The van der Waals surface area contributed by atoms with Crippen LogP contribution in [0.5, 0.6) is 0 Å². The lowest BCUT2D eigenvalue weighted by molar-refractivity contribution is 0.101. The van der Waals surface area contributed by atoms with Gasteiger partial charge in [0.1, 0.15) is 5.69 Å². The van der Waals surface area contributed by atoms with Crippen LogP contribution in [0, 0.1) is 18.3 Å². The van der Waals surface area contributed by atoms with Crippen LogP contribution in [0.3, 0.4) is 0 Å². The van der Waals surface area contributed by atoms with Gasteiger partial charge in [0.25, 0.3) is 5.91 Å². The highest BCUT2D eigenvalue weighted by molar-refractivity contribution is 6.06. The highest BCUT2D eigenvalue weighted by atomic mass is 16.2. The summed E-state index contributed by atoms with van der Waals surface area (Å²) >= 11 is 0. The SMILES string of the molecule is Cc1nn(C)c(C(=O)Nc2ccc(CC#N)cc2)c1N. The third-order valence-electron chi connectivity index (χ3n) is 2.98. The lowest BCUT2D eigenvalue weighted by Crippen LogP contribution is -2.17. The van der Waals surface area contributed by atoms with Crippen molar-refractivity contribution in [2.75, 3.05) is 11.1 Å². The Morgan fingerprint density at radius 3 is 2.60 bits per heavy atom. The first-order valence-corrected chi connectivity index (χ1v) is 6.09. The van der Waals surface area contributed by atoms with Gasteiger partial charge in [-0.05, 0) is 24.6 Å². The summed E-state index contributed by atoms with van der Waals surface area (Å²) in [5, 5.41) is 15.5. The number of amides is 1. The van der Waals surface area contributed by atoms with Crippen LogP contribution in [-0.2, 0) is 13.5 Å². The fraction of sp³-hybridized carbons (Fsp3) is 0.214. The number of aromatic nitrogens is 2. The molecule has 6 nitrogen and oxygen atoms in total. The summed E-state index contributed by atoms with van der Waals surface area (Å²) in [6.45, 7) is 1.75. The maximum atomic E-state index is 12.2. The van der Waals surface area contributed by atoms with Gasteiger partial charge in [-0.15, -0.1) is 0 Å². The van der Waals surface area contributed by atoms with Gasteiger partial charge in [-0.1, -0.05) is 12.1 Å². The van der Waals surface area contributed by atoms with Crippen LogP contribution in [0.15, 0.2) is 24.3 Å². The van der Waals surface area contributed by atoms with Gasteiger partial charge in [0.2, 0.25) is 0 Å². The minimum absolute atomic E-state index is 0.307. The average molecular weight is 269 g/mol. The van der Waals surface area contributed by atoms with E-state index in [1.54, 1.807) is 38.2 Å². The lowest BCUT2D eigenvalue weighted by Gasteiger charge is -2.06. The number of hydrogen-bond donors (Lipinski definition) is 2. The zero-order valence-corrected chi connectivity index (χ0v) is 11.3. The van der Waals surface area contributed by atoms with E-state index in [2.05, 4.69) is 16.5 Å². The third-order valence-corrected chi connectivity index (χ3v) is 2.98. The number of hydrogen-bond acceptors (Lipinski definition) is 4. The molecule has 102 valence electrons. The fourth-order valence-corrected chi connectivity index (χ4v) is 1.93. The zero-order valence-electron chi connectivity index (χ0n) is 11.3. The Morgan fingerprint density at radius 1 is 1.45 bits per heavy atom. The molecule has 0 radical (unpaired) electrons. The Bertz CT molecular complexity index is 679. The molecule has 2 aromatic rings. The van der Waals surface area contributed by atoms with E-state index in [1.165, 1.54) is 4.68 Å². The van der Waals surface area contributed by atoms with Crippen LogP contribution in [0.2, 0.25) is 0 Å². The molecule has 2 rings (SSSR count). The van der Waals surface area contributed by atoms with Crippen molar-refractivity contribution in [3.63, 3.8) is 0 Å².